The lowest BCUT2D eigenvalue weighted by atomic mass is 10.2. The summed E-state index contributed by atoms with van der Waals surface area (Å²) in [6.07, 6.45) is 1.50. The van der Waals surface area contributed by atoms with Crippen molar-refractivity contribution in [2.24, 2.45) is 5.10 Å². The van der Waals surface area contributed by atoms with Gasteiger partial charge in [-0.2, -0.15) is 10.4 Å². The van der Waals surface area contributed by atoms with Crippen molar-refractivity contribution in [1.82, 2.24) is 9.99 Å². The van der Waals surface area contributed by atoms with Crippen molar-refractivity contribution in [3.63, 3.8) is 0 Å². The first kappa shape index (κ1) is 23.4. The first-order valence-electron chi connectivity index (χ1n) is 10.9. The van der Waals surface area contributed by atoms with Crippen LogP contribution in [0.5, 0.6) is 11.5 Å². The second-order valence-electron chi connectivity index (χ2n) is 7.71. The number of amides is 1. The molecule has 0 spiro atoms. The molecule has 176 valence electrons. The van der Waals surface area contributed by atoms with Crippen LogP contribution in [-0.2, 0) is 6.61 Å². The first-order valence-corrected chi connectivity index (χ1v) is 10.9. The number of hydrazone groups is 1. The second-order valence-corrected chi connectivity index (χ2v) is 7.71. The molecular formula is C27H24N4O4. The predicted octanol–water partition coefficient (Wildman–Crippen LogP) is 4.93. The normalized spacial score (nSPS) is 10.8. The molecule has 0 fully saturated rings. The van der Waals surface area contributed by atoms with Gasteiger partial charge in [-0.1, -0.05) is 0 Å². The molecule has 0 aliphatic rings. The van der Waals surface area contributed by atoms with E-state index in [1.807, 2.05) is 30.3 Å². The summed E-state index contributed by atoms with van der Waals surface area (Å²) < 4.78 is 18.7. The van der Waals surface area contributed by atoms with Crippen molar-refractivity contribution < 1.29 is 18.7 Å². The third kappa shape index (κ3) is 5.97. The maximum atomic E-state index is 12.3. The van der Waals surface area contributed by atoms with Gasteiger partial charge in [-0.15, -0.1) is 0 Å². The lowest BCUT2D eigenvalue weighted by Gasteiger charge is -2.10. The third-order valence-corrected chi connectivity index (χ3v) is 5.20. The molecule has 0 aliphatic heterocycles. The van der Waals surface area contributed by atoms with Crippen LogP contribution in [0.3, 0.4) is 0 Å². The van der Waals surface area contributed by atoms with Gasteiger partial charge in [0.05, 0.1) is 6.21 Å². The van der Waals surface area contributed by atoms with E-state index in [4.69, 9.17) is 19.2 Å². The van der Waals surface area contributed by atoms with Crippen LogP contribution in [0.1, 0.15) is 33.3 Å². The van der Waals surface area contributed by atoms with Gasteiger partial charge in [0.15, 0.2) is 12.4 Å². The van der Waals surface area contributed by atoms with Gasteiger partial charge in [-0.05, 0) is 92.2 Å². The minimum Gasteiger partial charge on any atom is -0.486 e. The smallest absolute Gasteiger partial charge is 0.307 e. The Balaban J connectivity index is 1.27. The highest BCUT2D eigenvalue weighted by Crippen LogP contribution is 2.21. The largest absolute Gasteiger partial charge is 0.486 e. The molecule has 0 unspecified atom stereocenters. The zero-order chi connectivity index (χ0) is 24.6. The number of rotatable bonds is 9. The third-order valence-electron chi connectivity index (χ3n) is 5.20. The fraction of sp³-hybridized carbons (Fsp3) is 0.148. The van der Waals surface area contributed by atoms with Gasteiger partial charge in [0.1, 0.15) is 29.9 Å². The van der Waals surface area contributed by atoms with Crippen LogP contribution in [0.15, 0.2) is 82.3 Å². The Hall–Kier alpha value is -4.77. The number of carbonyl (C=O) groups excluding carboxylic acids is 1. The van der Waals surface area contributed by atoms with Crippen LogP contribution in [0, 0.1) is 25.2 Å². The molecule has 4 rings (SSSR count). The Bertz CT molecular complexity index is 1340. The summed E-state index contributed by atoms with van der Waals surface area (Å²) in [5.41, 5.74) is 6.60. The summed E-state index contributed by atoms with van der Waals surface area (Å²) in [6.45, 7) is 4.32. The van der Waals surface area contributed by atoms with Gasteiger partial charge in [-0.25, -0.2) is 5.43 Å². The Labute approximate surface area is 203 Å². The van der Waals surface area contributed by atoms with Crippen LogP contribution < -0.4 is 14.9 Å². The number of aromatic nitrogens is 1. The Morgan fingerprint density at radius 2 is 1.63 bits per heavy atom. The van der Waals surface area contributed by atoms with Crippen LogP contribution in [0.2, 0.25) is 0 Å². The molecule has 8 heteroatoms. The van der Waals surface area contributed by atoms with Gasteiger partial charge >= 0.3 is 5.91 Å². The van der Waals surface area contributed by atoms with Gasteiger partial charge in [0, 0.05) is 17.1 Å². The minimum absolute atomic E-state index is 0.0141. The summed E-state index contributed by atoms with van der Waals surface area (Å²) in [5, 5.41) is 12.5. The SMILES string of the molecule is Cc1ccc(C)n1-c1ccc(OCc2ccc(C(=O)N/N=C/c3ccc(OCC#N)cc3)o2)cc1. The maximum Gasteiger partial charge on any atom is 0.307 e. The molecule has 1 N–H and O–H groups in total. The molecule has 0 atom stereocenters. The summed E-state index contributed by atoms with van der Waals surface area (Å²) in [7, 11) is 0. The lowest BCUT2D eigenvalue weighted by molar-refractivity contribution is 0.0923. The van der Waals surface area contributed by atoms with E-state index in [-0.39, 0.29) is 19.0 Å². The minimum atomic E-state index is -0.469. The first-order chi connectivity index (χ1) is 17.0. The zero-order valence-corrected chi connectivity index (χ0v) is 19.4. The van der Waals surface area contributed by atoms with E-state index in [9.17, 15) is 4.79 Å². The molecule has 0 radical (unpaired) electrons. The van der Waals surface area contributed by atoms with E-state index in [0.29, 0.717) is 17.3 Å². The molecule has 4 aromatic rings. The molecule has 0 bridgehead atoms. The number of aryl methyl sites for hydroxylation is 2. The van der Waals surface area contributed by atoms with E-state index in [1.165, 1.54) is 17.6 Å². The van der Waals surface area contributed by atoms with E-state index >= 15 is 0 Å². The van der Waals surface area contributed by atoms with E-state index in [1.54, 1.807) is 36.4 Å². The van der Waals surface area contributed by atoms with Crippen molar-refractivity contribution in [2.45, 2.75) is 20.5 Å². The van der Waals surface area contributed by atoms with Crippen LogP contribution in [-0.4, -0.2) is 23.3 Å². The Kier molecular flexibility index (Phi) is 7.28. The number of ether oxygens (including phenoxy) is 2. The number of hydrogen-bond donors (Lipinski definition) is 1. The molecule has 0 aliphatic carbocycles. The highest BCUT2D eigenvalue weighted by atomic mass is 16.5. The Morgan fingerprint density at radius 3 is 2.31 bits per heavy atom. The number of furan rings is 1. The van der Waals surface area contributed by atoms with E-state index in [2.05, 4.69) is 41.1 Å². The number of hydrogen-bond acceptors (Lipinski definition) is 6. The van der Waals surface area contributed by atoms with Crippen molar-refractivity contribution in [2.75, 3.05) is 6.61 Å². The molecular weight excluding hydrogens is 444 g/mol. The van der Waals surface area contributed by atoms with Gasteiger partial charge < -0.3 is 18.5 Å². The second kappa shape index (κ2) is 10.9. The molecule has 8 nitrogen and oxygen atoms in total. The number of nitrogens with one attached hydrogen (secondary N) is 1. The molecule has 2 heterocycles. The van der Waals surface area contributed by atoms with Crippen LogP contribution in [0.4, 0.5) is 0 Å². The molecule has 0 saturated carbocycles. The number of benzene rings is 2. The zero-order valence-electron chi connectivity index (χ0n) is 19.4. The van der Waals surface area contributed by atoms with Crippen LogP contribution >= 0.6 is 0 Å². The highest BCUT2D eigenvalue weighted by Gasteiger charge is 2.11. The Morgan fingerprint density at radius 1 is 0.971 bits per heavy atom. The average molecular weight is 469 g/mol. The number of carbonyl (C=O) groups is 1. The average Bonchev–Trinajstić information content (AvgIpc) is 3.49. The number of nitriles is 1. The van der Waals surface area contributed by atoms with Gasteiger partial charge in [0.2, 0.25) is 0 Å². The maximum absolute atomic E-state index is 12.3. The van der Waals surface area contributed by atoms with Crippen LogP contribution in [0.25, 0.3) is 5.69 Å². The van der Waals surface area contributed by atoms with E-state index < -0.39 is 5.91 Å². The fourth-order valence-corrected chi connectivity index (χ4v) is 3.49. The van der Waals surface area contributed by atoms with Gasteiger partial charge in [-0.3, -0.25) is 4.79 Å². The summed E-state index contributed by atoms with van der Waals surface area (Å²) in [4.78, 5) is 12.3. The van der Waals surface area contributed by atoms with Crippen molar-refractivity contribution >= 4 is 12.1 Å². The quantitative estimate of drug-likeness (QED) is 0.277. The topological polar surface area (TPSA) is 102 Å². The highest BCUT2D eigenvalue weighted by molar-refractivity contribution is 5.92. The number of nitrogens with zero attached hydrogens (tertiary/aromatic N) is 3. The molecule has 35 heavy (non-hydrogen) atoms. The van der Waals surface area contributed by atoms with Gasteiger partial charge in [0.25, 0.3) is 0 Å². The fourth-order valence-electron chi connectivity index (χ4n) is 3.49. The van der Waals surface area contributed by atoms with Crippen molar-refractivity contribution in [1.29, 1.82) is 5.26 Å². The molecule has 2 aromatic heterocycles. The molecule has 1 amide bonds. The molecule has 0 saturated heterocycles. The van der Waals surface area contributed by atoms with E-state index in [0.717, 1.165) is 11.3 Å². The standard InChI is InChI=1S/C27H24N4O4/c1-19-3-4-20(2)31(19)22-7-11-24(12-8-22)34-18-25-13-14-26(35-25)27(32)30-29-17-21-5-9-23(10-6-21)33-16-15-28/h3-14,17H,16,18H2,1-2H3,(H,30,32)/b29-17+. The van der Waals surface area contributed by atoms with Crippen molar-refractivity contribution in [3.05, 3.63) is 101 Å². The summed E-state index contributed by atoms with van der Waals surface area (Å²) in [6, 6.07) is 24.1. The van der Waals surface area contributed by atoms with Crippen molar-refractivity contribution in [3.8, 4) is 23.3 Å². The lowest BCUT2D eigenvalue weighted by Crippen LogP contribution is -2.16. The summed E-state index contributed by atoms with van der Waals surface area (Å²) >= 11 is 0. The monoisotopic (exact) mass is 468 g/mol. The summed E-state index contributed by atoms with van der Waals surface area (Å²) in [5.74, 6) is 1.47. The molecule has 2 aromatic carbocycles. The predicted molar refractivity (Wildman–Crippen MR) is 131 cm³/mol.